The Morgan fingerprint density at radius 1 is 1.13 bits per heavy atom. The van der Waals surface area contributed by atoms with Gasteiger partial charge in [-0.15, -0.1) is 0 Å². The van der Waals surface area contributed by atoms with Gasteiger partial charge >= 0.3 is 5.97 Å². The van der Waals surface area contributed by atoms with Crippen LogP contribution in [0.2, 0.25) is 0 Å². The van der Waals surface area contributed by atoms with E-state index in [2.05, 4.69) is 17.1 Å². The molecule has 1 amide bonds. The number of rotatable bonds is 6. The highest BCUT2D eigenvalue weighted by molar-refractivity contribution is 6.06. The summed E-state index contributed by atoms with van der Waals surface area (Å²) in [7, 11) is 1.58. The monoisotopic (exact) mass is 419 g/mol. The lowest BCUT2D eigenvalue weighted by Crippen LogP contribution is -2.32. The molecule has 0 fully saturated rings. The van der Waals surface area contributed by atoms with Gasteiger partial charge in [0.15, 0.2) is 6.61 Å². The number of nitrogens with one attached hydrogen (secondary N) is 1. The number of para-hydroxylation sites is 1. The number of pyridine rings is 1. The summed E-state index contributed by atoms with van der Waals surface area (Å²) in [6, 6.07) is 14.5. The van der Waals surface area contributed by atoms with Gasteiger partial charge in [0.05, 0.1) is 18.2 Å². The van der Waals surface area contributed by atoms with E-state index in [0.717, 1.165) is 41.7 Å². The number of aromatic nitrogens is 1. The van der Waals surface area contributed by atoms with Gasteiger partial charge < -0.3 is 14.8 Å². The van der Waals surface area contributed by atoms with E-state index in [1.807, 2.05) is 24.3 Å². The highest BCUT2D eigenvalue weighted by atomic mass is 16.5. The molecule has 0 radical (unpaired) electrons. The van der Waals surface area contributed by atoms with Gasteiger partial charge in [0.25, 0.3) is 5.91 Å². The number of ether oxygens (including phenoxy) is 2. The second kappa shape index (κ2) is 9.14. The lowest BCUT2D eigenvalue weighted by Gasteiger charge is -2.28. The number of anilines is 1. The van der Waals surface area contributed by atoms with Crippen molar-refractivity contribution in [2.45, 2.75) is 19.9 Å². The molecule has 1 aliphatic rings. The van der Waals surface area contributed by atoms with E-state index in [1.54, 1.807) is 31.4 Å². The first-order valence-corrected chi connectivity index (χ1v) is 10.3. The van der Waals surface area contributed by atoms with Crippen molar-refractivity contribution in [2.24, 2.45) is 0 Å². The van der Waals surface area contributed by atoms with Crippen LogP contribution in [-0.2, 0) is 22.5 Å². The summed E-state index contributed by atoms with van der Waals surface area (Å²) < 4.78 is 10.5. The molecule has 7 heteroatoms. The van der Waals surface area contributed by atoms with Gasteiger partial charge in [0, 0.05) is 41.8 Å². The number of carbonyl (C=O) groups excluding carboxylic acids is 2. The Morgan fingerprint density at radius 2 is 1.90 bits per heavy atom. The first-order chi connectivity index (χ1) is 15.1. The summed E-state index contributed by atoms with van der Waals surface area (Å²) in [4.78, 5) is 32.5. The molecular formula is C24H25N3O4. The fourth-order valence-corrected chi connectivity index (χ4v) is 3.82. The van der Waals surface area contributed by atoms with Crippen molar-refractivity contribution in [3.05, 3.63) is 65.4 Å². The predicted molar refractivity (Wildman–Crippen MR) is 118 cm³/mol. The number of carbonyl (C=O) groups is 2. The summed E-state index contributed by atoms with van der Waals surface area (Å²) in [6.45, 7) is 4.18. The lowest BCUT2D eigenvalue weighted by molar-refractivity contribution is -0.119. The van der Waals surface area contributed by atoms with Crippen LogP contribution < -0.4 is 10.1 Å². The molecular weight excluding hydrogens is 394 g/mol. The molecule has 0 saturated carbocycles. The average Bonchev–Trinajstić information content (AvgIpc) is 2.81. The fraction of sp³-hybridized carbons (Fsp3) is 0.292. The lowest BCUT2D eigenvalue weighted by atomic mass is 9.96. The zero-order valence-corrected chi connectivity index (χ0v) is 17.7. The molecule has 31 heavy (non-hydrogen) atoms. The van der Waals surface area contributed by atoms with E-state index in [4.69, 9.17) is 14.5 Å². The second-order valence-corrected chi connectivity index (χ2v) is 7.40. The predicted octanol–water partition coefficient (Wildman–Crippen LogP) is 3.42. The maximum absolute atomic E-state index is 13.1. The Morgan fingerprint density at radius 3 is 2.65 bits per heavy atom. The Bertz CT molecular complexity index is 1110. The molecule has 160 valence electrons. The molecule has 0 bridgehead atoms. The minimum atomic E-state index is -0.502. The van der Waals surface area contributed by atoms with E-state index in [9.17, 15) is 9.59 Å². The molecule has 1 N–H and O–H groups in total. The molecule has 0 atom stereocenters. The van der Waals surface area contributed by atoms with Gasteiger partial charge in [-0.05, 0) is 36.9 Å². The third-order valence-electron chi connectivity index (χ3n) is 5.48. The molecule has 4 rings (SSSR count). The average molecular weight is 419 g/mol. The van der Waals surface area contributed by atoms with Crippen LogP contribution in [0.4, 0.5) is 5.69 Å². The van der Waals surface area contributed by atoms with Gasteiger partial charge in [-0.25, -0.2) is 4.79 Å². The van der Waals surface area contributed by atoms with Crippen molar-refractivity contribution in [2.75, 3.05) is 32.1 Å². The number of hydrogen-bond acceptors (Lipinski definition) is 6. The number of benzene rings is 2. The van der Waals surface area contributed by atoms with Crippen LogP contribution in [0.3, 0.4) is 0 Å². The molecule has 0 spiro atoms. The number of nitrogens with zero attached hydrogens (tertiary/aromatic N) is 2. The highest BCUT2D eigenvalue weighted by Crippen LogP contribution is 2.28. The number of hydrogen-bond donors (Lipinski definition) is 1. The summed E-state index contributed by atoms with van der Waals surface area (Å²) >= 11 is 0. The maximum Gasteiger partial charge on any atom is 0.339 e. The SMILES string of the molecule is CCN1CCc2nc3ccccc3c(C(=O)OCC(=O)Nc3ccc(OC)cc3)c2C1. The summed E-state index contributed by atoms with van der Waals surface area (Å²) in [5.74, 6) is -0.210. The molecule has 7 nitrogen and oxygen atoms in total. The van der Waals surface area contributed by atoms with Gasteiger partial charge in [-0.3, -0.25) is 14.7 Å². The third kappa shape index (κ3) is 4.51. The molecule has 2 aromatic carbocycles. The van der Waals surface area contributed by atoms with Gasteiger partial charge in [-0.2, -0.15) is 0 Å². The highest BCUT2D eigenvalue weighted by Gasteiger charge is 2.26. The summed E-state index contributed by atoms with van der Waals surface area (Å²) in [5, 5.41) is 3.47. The Balaban J connectivity index is 1.53. The Hall–Kier alpha value is -3.45. The Kier molecular flexibility index (Phi) is 6.13. The normalized spacial score (nSPS) is 13.5. The first-order valence-electron chi connectivity index (χ1n) is 10.3. The quantitative estimate of drug-likeness (QED) is 0.617. The molecule has 2 heterocycles. The largest absolute Gasteiger partial charge is 0.497 e. The minimum absolute atomic E-state index is 0.367. The van der Waals surface area contributed by atoms with Crippen molar-refractivity contribution in [1.82, 2.24) is 9.88 Å². The fourth-order valence-electron chi connectivity index (χ4n) is 3.82. The van der Waals surface area contributed by atoms with Crippen LogP contribution in [-0.4, -0.2) is 48.6 Å². The first kappa shape index (κ1) is 20.8. The van der Waals surface area contributed by atoms with Crippen molar-refractivity contribution < 1.29 is 19.1 Å². The molecule has 1 aromatic heterocycles. The van der Waals surface area contributed by atoms with Crippen LogP contribution in [0.25, 0.3) is 10.9 Å². The zero-order chi connectivity index (χ0) is 21.8. The second-order valence-electron chi connectivity index (χ2n) is 7.40. The minimum Gasteiger partial charge on any atom is -0.497 e. The van der Waals surface area contributed by atoms with Gasteiger partial charge in [-0.1, -0.05) is 25.1 Å². The molecule has 1 aliphatic heterocycles. The van der Waals surface area contributed by atoms with E-state index >= 15 is 0 Å². The molecule has 0 saturated heterocycles. The topological polar surface area (TPSA) is 80.8 Å². The van der Waals surface area contributed by atoms with Crippen molar-refractivity contribution >= 4 is 28.5 Å². The van der Waals surface area contributed by atoms with Crippen LogP contribution in [0.15, 0.2) is 48.5 Å². The summed E-state index contributed by atoms with van der Waals surface area (Å²) in [5.41, 5.74) is 3.70. The van der Waals surface area contributed by atoms with Gasteiger partial charge in [0.1, 0.15) is 5.75 Å². The number of likely N-dealkylation sites (N-methyl/N-ethyl adjacent to an activating group) is 1. The number of amides is 1. The standard InChI is InChI=1S/C24H25N3O4/c1-3-27-13-12-21-19(14-27)23(18-6-4-5-7-20(18)26-21)24(29)31-15-22(28)25-16-8-10-17(30-2)11-9-16/h4-11H,3,12-15H2,1-2H3,(H,25,28). The van der Waals surface area contributed by atoms with Crippen LogP contribution in [0.1, 0.15) is 28.5 Å². The van der Waals surface area contributed by atoms with Crippen LogP contribution in [0.5, 0.6) is 5.75 Å². The Labute approximate surface area is 181 Å². The van der Waals surface area contributed by atoms with Crippen molar-refractivity contribution in [3.8, 4) is 5.75 Å². The van der Waals surface area contributed by atoms with E-state index in [1.165, 1.54) is 0 Å². The molecule has 3 aromatic rings. The van der Waals surface area contributed by atoms with E-state index in [0.29, 0.717) is 23.5 Å². The summed E-state index contributed by atoms with van der Waals surface area (Å²) in [6.07, 6.45) is 0.784. The van der Waals surface area contributed by atoms with E-state index < -0.39 is 11.9 Å². The van der Waals surface area contributed by atoms with Crippen LogP contribution in [0, 0.1) is 0 Å². The smallest absolute Gasteiger partial charge is 0.339 e. The number of fused-ring (bicyclic) bond motifs is 2. The third-order valence-corrected chi connectivity index (χ3v) is 5.48. The number of methoxy groups -OCH3 is 1. The van der Waals surface area contributed by atoms with Crippen LogP contribution >= 0.6 is 0 Å². The molecule has 0 unspecified atom stereocenters. The zero-order valence-electron chi connectivity index (χ0n) is 17.7. The number of esters is 1. The molecule has 0 aliphatic carbocycles. The maximum atomic E-state index is 13.1. The van der Waals surface area contributed by atoms with Crippen molar-refractivity contribution in [1.29, 1.82) is 0 Å². The van der Waals surface area contributed by atoms with E-state index in [-0.39, 0.29) is 6.61 Å². The van der Waals surface area contributed by atoms with Crippen molar-refractivity contribution in [3.63, 3.8) is 0 Å². The van der Waals surface area contributed by atoms with Gasteiger partial charge in [0.2, 0.25) is 0 Å².